The average Bonchev–Trinajstić information content (AvgIpc) is 3.31. The second-order valence-electron chi connectivity index (χ2n) is 10.8. The Morgan fingerprint density at radius 3 is 2.26 bits per heavy atom. The van der Waals surface area contributed by atoms with Gasteiger partial charge >= 0.3 is 6.61 Å². The number of aromatic nitrogens is 1. The fourth-order valence-corrected chi connectivity index (χ4v) is 6.82. The van der Waals surface area contributed by atoms with Crippen LogP contribution in [-0.2, 0) is 21.2 Å². The number of alkyl halides is 2. The van der Waals surface area contributed by atoms with E-state index in [0.29, 0.717) is 19.6 Å². The molecule has 2 aliphatic heterocycles. The van der Waals surface area contributed by atoms with Crippen molar-refractivity contribution in [3.05, 3.63) is 87.8 Å². The Hall–Kier alpha value is -4.44. The smallest absolute Gasteiger partial charge is 0.387 e. The summed E-state index contributed by atoms with van der Waals surface area (Å²) in [7, 11) is -1.86. The first-order valence-corrected chi connectivity index (χ1v) is 16.0. The van der Waals surface area contributed by atoms with E-state index in [1.165, 1.54) is 42.1 Å². The summed E-state index contributed by atoms with van der Waals surface area (Å²) < 4.78 is 89.8. The number of rotatable bonds is 10. The highest BCUT2D eigenvalue weighted by Crippen LogP contribution is 2.36. The van der Waals surface area contributed by atoms with Crippen molar-refractivity contribution in [3.63, 3.8) is 0 Å². The molecule has 0 aliphatic carbocycles. The molecule has 1 aromatic heterocycles. The van der Waals surface area contributed by atoms with Gasteiger partial charge in [-0.25, -0.2) is 17.2 Å². The molecule has 0 spiro atoms. The number of benzene rings is 2. The van der Waals surface area contributed by atoms with Gasteiger partial charge in [0.1, 0.15) is 34.9 Å². The molecule has 2 atom stereocenters. The van der Waals surface area contributed by atoms with E-state index in [0.717, 1.165) is 29.2 Å². The highest BCUT2D eigenvalue weighted by atomic mass is 32.2. The molecule has 246 valence electrons. The maximum absolute atomic E-state index is 15.3. The lowest BCUT2D eigenvalue weighted by Crippen LogP contribution is -2.45. The minimum absolute atomic E-state index is 0.0187. The van der Waals surface area contributed by atoms with Gasteiger partial charge in [-0.3, -0.25) is 19.3 Å². The number of nitrogens with one attached hydrogen (secondary N) is 1. The molecule has 11 nitrogen and oxygen atoms in total. The van der Waals surface area contributed by atoms with Crippen LogP contribution in [0.15, 0.2) is 59.5 Å². The summed E-state index contributed by atoms with van der Waals surface area (Å²) in [5.74, 6) is -5.26. The number of hydrogen-bond acceptors (Lipinski definition) is 8. The van der Waals surface area contributed by atoms with Crippen molar-refractivity contribution < 1.29 is 45.0 Å². The van der Waals surface area contributed by atoms with Gasteiger partial charge in [0.2, 0.25) is 5.91 Å². The second-order valence-corrected chi connectivity index (χ2v) is 13.1. The second kappa shape index (κ2) is 13.5. The average molecular weight is 667 g/mol. The van der Waals surface area contributed by atoms with Crippen molar-refractivity contribution in [1.29, 1.82) is 0 Å². The third-order valence-electron chi connectivity index (χ3n) is 7.99. The quantitative estimate of drug-likeness (QED) is 0.327. The molecule has 3 heterocycles. The Bertz CT molecular complexity index is 1750. The summed E-state index contributed by atoms with van der Waals surface area (Å²) in [6.45, 7) is -2.24. The normalized spacial score (nSPS) is 19.8. The molecule has 0 unspecified atom stereocenters. The van der Waals surface area contributed by atoms with Crippen molar-refractivity contribution in [1.82, 2.24) is 14.8 Å². The van der Waals surface area contributed by atoms with Crippen LogP contribution in [0.4, 0.5) is 23.2 Å². The predicted octanol–water partition coefficient (Wildman–Crippen LogP) is 2.40. The Morgan fingerprint density at radius 1 is 1.00 bits per heavy atom. The Labute approximate surface area is 261 Å². The maximum Gasteiger partial charge on any atom is 0.387 e. The number of anilines is 1. The molecule has 0 saturated carbocycles. The minimum Gasteiger partial charge on any atom is -0.497 e. The van der Waals surface area contributed by atoms with Crippen LogP contribution in [0.2, 0.25) is 0 Å². The molecule has 16 heteroatoms. The van der Waals surface area contributed by atoms with Crippen LogP contribution in [0.5, 0.6) is 11.5 Å². The summed E-state index contributed by atoms with van der Waals surface area (Å²) in [4.78, 5) is 43.5. The Kier molecular flexibility index (Phi) is 9.67. The van der Waals surface area contributed by atoms with Crippen LogP contribution in [0, 0.1) is 11.6 Å². The summed E-state index contributed by atoms with van der Waals surface area (Å²) >= 11 is 0. The summed E-state index contributed by atoms with van der Waals surface area (Å²) in [5.41, 5.74) is -1.20. The lowest BCUT2D eigenvalue weighted by atomic mass is 9.92. The molecular formula is C30H30F4N4O7S. The van der Waals surface area contributed by atoms with Crippen molar-refractivity contribution in [2.75, 3.05) is 49.7 Å². The lowest BCUT2D eigenvalue weighted by Gasteiger charge is -2.26. The fourth-order valence-electron chi connectivity index (χ4n) is 5.54. The van der Waals surface area contributed by atoms with E-state index in [-0.39, 0.29) is 47.3 Å². The molecule has 2 saturated heterocycles. The number of ether oxygens (including phenoxy) is 2. The first kappa shape index (κ1) is 32.9. The van der Waals surface area contributed by atoms with Crippen LogP contribution >= 0.6 is 0 Å². The van der Waals surface area contributed by atoms with E-state index in [2.05, 4.69) is 10.1 Å². The first-order valence-electron chi connectivity index (χ1n) is 14.2. The van der Waals surface area contributed by atoms with Gasteiger partial charge in [0.05, 0.1) is 18.6 Å². The molecule has 1 N–H and O–H groups in total. The number of carbonyl (C=O) groups excluding carboxylic acids is 2. The predicted molar refractivity (Wildman–Crippen MR) is 158 cm³/mol. The largest absolute Gasteiger partial charge is 0.497 e. The van der Waals surface area contributed by atoms with Gasteiger partial charge in [0.25, 0.3) is 11.5 Å². The van der Waals surface area contributed by atoms with E-state index in [9.17, 15) is 31.6 Å². The molecule has 0 bridgehead atoms. The number of methoxy groups -OCH3 is 1. The zero-order valence-corrected chi connectivity index (χ0v) is 25.3. The van der Waals surface area contributed by atoms with Crippen molar-refractivity contribution in [2.45, 2.75) is 25.1 Å². The van der Waals surface area contributed by atoms with Crippen LogP contribution < -0.4 is 25.2 Å². The molecular weight excluding hydrogens is 636 g/mol. The summed E-state index contributed by atoms with van der Waals surface area (Å²) in [6, 6.07) is 7.88. The molecule has 5 rings (SSSR count). The van der Waals surface area contributed by atoms with Crippen LogP contribution in [-0.4, -0.2) is 87.1 Å². The molecule has 2 amide bonds. The standard InChI is InChI=1S/C30H30F4N4O7S/c1-44-20-15-22(31)25(23(32)16-20)21-17-38(29(41)26(21)35-27(39)18-4-6-19(7-5-18)45-30(33)34)24-3-2-8-37(28(24)40)10-9-36-11-13-46(42,43)14-12-36/h2-8,15-16,21,26,30H,9-14,17H2,1H3,(H,35,39)/t21-,26-/m0/s1. The summed E-state index contributed by atoms with van der Waals surface area (Å²) in [5, 5.41) is 2.50. The summed E-state index contributed by atoms with van der Waals surface area (Å²) in [6.07, 6.45) is 1.51. The van der Waals surface area contributed by atoms with Gasteiger partial charge in [-0.05, 0) is 36.4 Å². The van der Waals surface area contributed by atoms with Gasteiger partial charge < -0.3 is 24.3 Å². The van der Waals surface area contributed by atoms with E-state index in [1.54, 1.807) is 0 Å². The van der Waals surface area contributed by atoms with Crippen molar-refractivity contribution in [3.8, 4) is 11.5 Å². The number of nitrogens with zero attached hydrogens (tertiary/aromatic N) is 3. The van der Waals surface area contributed by atoms with Crippen LogP contribution in [0.1, 0.15) is 21.8 Å². The van der Waals surface area contributed by atoms with E-state index in [4.69, 9.17) is 4.74 Å². The van der Waals surface area contributed by atoms with Crippen molar-refractivity contribution >= 4 is 27.3 Å². The molecule has 2 fully saturated rings. The first-order chi connectivity index (χ1) is 21.9. The minimum atomic E-state index is -3.08. The SMILES string of the molecule is COc1cc(F)c([C@@H]2CN(c3cccn(CCN4CCS(=O)(=O)CC4)c3=O)C(=O)[C@H]2NC(=O)c2ccc(OC(F)F)cc2)c(F)c1. The molecule has 2 aliphatic rings. The monoisotopic (exact) mass is 666 g/mol. The maximum atomic E-state index is 15.3. The third kappa shape index (κ3) is 7.17. The fraction of sp³-hybridized carbons (Fsp3) is 0.367. The zero-order valence-electron chi connectivity index (χ0n) is 24.5. The highest BCUT2D eigenvalue weighted by Gasteiger charge is 2.46. The number of carbonyl (C=O) groups is 2. The van der Waals surface area contributed by atoms with Crippen LogP contribution in [0.3, 0.4) is 0 Å². The van der Waals surface area contributed by atoms with Gasteiger partial charge in [-0.2, -0.15) is 8.78 Å². The number of pyridine rings is 1. The van der Waals surface area contributed by atoms with Crippen LogP contribution in [0.25, 0.3) is 0 Å². The molecule has 0 radical (unpaired) electrons. The third-order valence-corrected chi connectivity index (χ3v) is 9.60. The molecule has 3 aromatic rings. The number of hydrogen-bond donors (Lipinski definition) is 1. The molecule has 2 aromatic carbocycles. The van der Waals surface area contributed by atoms with E-state index >= 15 is 8.78 Å². The topological polar surface area (TPSA) is 127 Å². The van der Waals surface area contributed by atoms with E-state index in [1.807, 2.05) is 4.90 Å². The highest BCUT2D eigenvalue weighted by molar-refractivity contribution is 7.91. The lowest BCUT2D eigenvalue weighted by molar-refractivity contribution is -0.118. The van der Waals surface area contributed by atoms with Gasteiger partial charge in [0, 0.05) is 68.1 Å². The number of halogens is 4. The number of amides is 2. The Morgan fingerprint density at radius 2 is 1.65 bits per heavy atom. The van der Waals surface area contributed by atoms with Gasteiger partial charge in [-0.15, -0.1) is 0 Å². The number of sulfone groups is 1. The molecule has 46 heavy (non-hydrogen) atoms. The Balaban J connectivity index is 1.43. The van der Waals surface area contributed by atoms with E-state index < -0.39 is 63.0 Å². The van der Waals surface area contributed by atoms with Gasteiger partial charge in [0.15, 0.2) is 9.84 Å². The van der Waals surface area contributed by atoms with Crippen molar-refractivity contribution in [2.24, 2.45) is 0 Å². The zero-order chi connectivity index (χ0) is 33.2. The van der Waals surface area contributed by atoms with Gasteiger partial charge in [-0.1, -0.05) is 0 Å².